The molecule has 3 heterocycles. The smallest absolute Gasteiger partial charge is 0.167 e. The van der Waals surface area contributed by atoms with Gasteiger partial charge in [0.2, 0.25) is 0 Å². The number of Topliss-reactive ketones (excluding diaryl/α,β-unsaturated/α-hetero) is 1. The maximum absolute atomic E-state index is 13.3. The second-order valence-corrected chi connectivity index (χ2v) is 13.8. The van der Waals surface area contributed by atoms with Crippen LogP contribution in [0.15, 0.2) is 35.5 Å². The predicted octanol–water partition coefficient (Wildman–Crippen LogP) is 8.53. The van der Waals surface area contributed by atoms with Gasteiger partial charge in [-0.2, -0.15) is 11.8 Å². The third-order valence-electron chi connectivity index (χ3n) is 8.02. The first-order chi connectivity index (χ1) is 19.5. The van der Waals surface area contributed by atoms with E-state index < -0.39 is 11.2 Å². The van der Waals surface area contributed by atoms with Crippen molar-refractivity contribution in [3.8, 4) is 17.2 Å². The lowest BCUT2D eigenvalue weighted by atomic mass is 9.88. The van der Waals surface area contributed by atoms with E-state index in [1.54, 1.807) is 6.92 Å². The van der Waals surface area contributed by atoms with Gasteiger partial charge in [-0.25, -0.2) is 0 Å². The molecule has 224 valence electrons. The van der Waals surface area contributed by atoms with Crippen LogP contribution in [-0.4, -0.2) is 59.6 Å². The van der Waals surface area contributed by atoms with Crippen molar-refractivity contribution >= 4 is 29.7 Å². The Bertz CT molecular complexity index is 1230. The molecule has 1 saturated heterocycles. The van der Waals surface area contributed by atoms with Crippen LogP contribution in [0, 0.1) is 0 Å². The number of rotatable bonds is 12. The van der Waals surface area contributed by atoms with E-state index in [0.29, 0.717) is 23.7 Å². The number of ketones is 1. The van der Waals surface area contributed by atoms with E-state index in [2.05, 4.69) is 82.9 Å². The van der Waals surface area contributed by atoms with Crippen LogP contribution < -0.4 is 14.2 Å². The first-order valence-electron chi connectivity index (χ1n) is 15.2. The summed E-state index contributed by atoms with van der Waals surface area (Å²) in [6.45, 7) is 18.1. The molecular formula is C35H49NO4S. The van der Waals surface area contributed by atoms with Crippen LogP contribution in [0.1, 0.15) is 102 Å². The molecule has 4 rings (SSSR count). The number of nitrogens with zero attached hydrogens (tertiary/aromatic N) is 1. The summed E-state index contributed by atoms with van der Waals surface area (Å²) in [7, 11) is 0. The second kappa shape index (κ2) is 13.7. The first-order valence-corrected chi connectivity index (χ1v) is 16.4. The molecule has 2 atom stereocenters. The molecule has 41 heavy (non-hydrogen) atoms. The number of allylic oxidation sites excluding steroid dienone is 4. The third-order valence-corrected chi connectivity index (χ3v) is 8.96. The molecule has 0 N–H and O–H groups in total. The fourth-order valence-corrected chi connectivity index (χ4v) is 6.60. The Hall–Kier alpha value is -2.44. The lowest BCUT2D eigenvalue weighted by molar-refractivity contribution is 0.0972. The van der Waals surface area contributed by atoms with E-state index in [9.17, 15) is 4.79 Å². The average Bonchev–Trinajstić information content (AvgIpc) is 2.90. The largest absolute Gasteiger partial charge is 0.492 e. The van der Waals surface area contributed by atoms with Crippen LogP contribution in [0.4, 0.5) is 0 Å². The lowest BCUT2D eigenvalue weighted by Crippen LogP contribution is -2.35. The lowest BCUT2D eigenvalue weighted by Gasteiger charge is -2.38. The maximum atomic E-state index is 13.3. The topological polar surface area (TPSA) is 48.0 Å². The number of hydrogen-bond acceptors (Lipinski definition) is 6. The molecule has 0 saturated carbocycles. The Morgan fingerprint density at radius 2 is 1.46 bits per heavy atom. The number of benzene rings is 1. The molecule has 6 heteroatoms. The fraction of sp³-hybridized carbons (Fsp3) is 0.571. The second-order valence-electron chi connectivity index (χ2n) is 12.5. The van der Waals surface area contributed by atoms with Crippen molar-refractivity contribution in [3.05, 3.63) is 52.1 Å². The molecule has 0 bridgehead atoms. The molecule has 1 fully saturated rings. The first kappa shape index (κ1) is 31.5. The van der Waals surface area contributed by atoms with Gasteiger partial charge in [0.05, 0.1) is 17.7 Å². The van der Waals surface area contributed by atoms with Crippen LogP contribution in [0.25, 0.3) is 12.2 Å². The van der Waals surface area contributed by atoms with Gasteiger partial charge in [0.25, 0.3) is 0 Å². The van der Waals surface area contributed by atoms with E-state index in [1.165, 1.54) is 22.7 Å². The molecule has 2 unspecified atom stereocenters. The summed E-state index contributed by atoms with van der Waals surface area (Å²) < 4.78 is 20.0. The monoisotopic (exact) mass is 579 g/mol. The van der Waals surface area contributed by atoms with Crippen molar-refractivity contribution in [1.29, 1.82) is 0 Å². The van der Waals surface area contributed by atoms with Crippen molar-refractivity contribution in [3.63, 3.8) is 0 Å². The highest BCUT2D eigenvalue weighted by molar-refractivity contribution is 7.99. The van der Waals surface area contributed by atoms with E-state index in [1.807, 2.05) is 11.8 Å². The van der Waals surface area contributed by atoms with Gasteiger partial charge in [0, 0.05) is 31.1 Å². The summed E-state index contributed by atoms with van der Waals surface area (Å²) in [6.07, 6.45) is 17.3. The van der Waals surface area contributed by atoms with Crippen molar-refractivity contribution in [1.82, 2.24) is 4.90 Å². The number of ether oxygens (including phenoxy) is 3. The molecule has 1 aromatic carbocycles. The van der Waals surface area contributed by atoms with Gasteiger partial charge in [-0.15, -0.1) is 0 Å². The van der Waals surface area contributed by atoms with Gasteiger partial charge in [0.1, 0.15) is 34.0 Å². The van der Waals surface area contributed by atoms with E-state index in [4.69, 9.17) is 14.2 Å². The minimum absolute atomic E-state index is 0.0562. The molecule has 0 amide bonds. The molecular weight excluding hydrogens is 530 g/mol. The molecule has 0 radical (unpaired) electrons. The molecule has 3 aliphatic heterocycles. The summed E-state index contributed by atoms with van der Waals surface area (Å²) in [5.41, 5.74) is 3.79. The number of carbonyl (C=O) groups is 1. The minimum Gasteiger partial charge on any atom is -0.492 e. The van der Waals surface area contributed by atoms with Crippen LogP contribution in [0.5, 0.6) is 17.2 Å². The van der Waals surface area contributed by atoms with E-state index in [-0.39, 0.29) is 5.78 Å². The Balaban J connectivity index is 1.69. The van der Waals surface area contributed by atoms with Crippen molar-refractivity contribution in [2.24, 2.45) is 0 Å². The molecule has 0 aromatic heterocycles. The fourth-order valence-electron chi connectivity index (χ4n) is 5.62. The summed E-state index contributed by atoms with van der Waals surface area (Å²) in [4.78, 5) is 15.8. The molecule has 5 nitrogen and oxygen atoms in total. The normalized spacial score (nSPS) is 23.1. The van der Waals surface area contributed by atoms with Crippen LogP contribution in [0.2, 0.25) is 0 Å². The minimum atomic E-state index is -0.530. The van der Waals surface area contributed by atoms with Gasteiger partial charge in [-0.3, -0.25) is 4.79 Å². The quantitative estimate of drug-likeness (QED) is 0.141. The van der Waals surface area contributed by atoms with Crippen LogP contribution >= 0.6 is 11.8 Å². The number of carbonyl (C=O) groups excluding carboxylic acids is 1. The molecule has 0 spiro atoms. The summed E-state index contributed by atoms with van der Waals surface area (Å²) in [5, 5.41) is 0. The maximum Gasteiger partial charge on any atom is 0.167 e. The zero-order chi connectivity index (χ0) is 29.6. The van der Waals surface area contributed by atoms with E-state index in [0.717, 1.165) is 68.6 Å². The molecule has 1 aromatic rings. The highest BCUT2D eigenvalue weighted by atomic mass is 32.2. The van der Waals surface area contributed by atoms with Crippen molar-refractivity contribution in [2.75, 3.05) is 37.7 Å². The summed E-state index contributed by atoms with van der Waals surface area (Å²) >= 11 is 2.02. The Kier molecular flexibility index (Phi) is 10.5. The molecule has 3 aliphatic rings. The molecule has 0 aliphatic carbocycles. The van der Waals surface area contributed by atoms with Gasteiger partial charge < -0.3 is 19.1 Å². The predicted molar refractivity (Wildman–Crippen MR) is 174 cm³/mol. The SMILES string of the molecule is CC(=O)c1c(OCCCN2CCSCC2)c2c(c3c1OC(C)(CCC=C(C)C)C=C3)OC(C)(CCC=C(C)C)C=C2. The zero-order valence-corrected chi connectivity index (χ0v) is 27.0. The van der Waals surface area contributed by atoms with Gasteiger partial charge in [-0.1, -0.05) is 23.3 Å². The van der Waals surface area contributed by atoms with Crippen LogP contribution in [-0.2, 0) is 0 Å². The number of hydrogen-bond donors (Lipinski definition) is 0. The highest BCUT2D eigenvalue weighted by Crippen LogP contribution is 2.52. The summed E-state index contributed by atoms with van der Waals surface area (Å²) in [5.74, 6) is 4.25. The average molecular weight is 580 g/mol. The number of thioether (sulfide) groups is 1. The van der Waals surface area contributed by atoms with Crippen molar-refractivity contribution in [2.45, 2.75) is 91.8 Å². The standard InChI is InChI=1S/C35H49NO4S/c1-25(2)11-8-15-34(6)17-13-28-31(39-34)29-14-18-35(7,16-9-12-26(3)4)40-33(29)30(27(5)37)32(28)38-22-10-19-36-20-23-41-24-21-36/h11-14,17-18H,8-10,15-16,19-24H2,1-7H3. The highest BCUT2D eigenvalue weighted by Gasteiger charge is 2.38. The Labute approximate surface area is 252 Å². The van der Waals surface area contributed by atoms with Gasteiger partial charge in [-0.05, 0) is 105 Å². The Morgan fingerprint density at radius 1 is 0.902 bits per heavy atom. The van der Waals surface area contributed by atoms with Crippen molar-refractivity contribution < 1.29 is 19.0 Å². The van der Waals surface area contributed by atoms with Crippen LogP contribution in [0.3, 0.4) is 0 Å². The Morgan fingerprint density at radius 3 is 2.02 bits per heavy atom. The third kappa shape index (κ3) is 8.10. The zero-order valence-electron chi connectivity index (χ0n) is 26.2. The summed E-state index contributed by atoms with van der Waals surface area (Å²) in [6, 6.07) is 0. The number of fused-ring (bicyclic) bond motifs is 3. The van der Waals surface area contributed by atoms with Gasteiger partial charge in [0.15, 0.2) is 5.78 Å². The van der Waals surface area contributed by atoms with Gasteiger partial charge >= 0.3 is 0 Å². The van der Waals surface area contributed by atoms with E-state index >= 15 is 0 Å².